The van der Waals surface area contributed by atoms with Crippen molar-refractivity contribution >= 4 is 5.97 Å². The molecule has 0 aromatic rings. The van der Waals surface area contributed by atoms with Crippen molar-refractivity contribution in [3.05, 3.63) is 11.1 Å². The second-order valence-corrected chi connectivity index (χ2v) is 14.9. The van der Waals surface area contributed by atoms with E-state index >= 15 is 0 Å². The van der Waals surface area contributed by atoms with Gasteiger partial charge < -0.3 is 14.6 Å². The molecule has 196 valence electrons. The van der Waals surface area contributed by atoms with E-state index in [2.05, 4.69) is 48.5 Å². The summed E-state index contributed by atoms with van der Waals surface area (Å²) >= 11 is 0. The zero-order valence-corrected chi connectivity index (χ0v) is 23.4. The van der Waals surface area contributed by atoms with Crippen LogP contribution in [-0.2, 0) is 14.3 Å². The van der Waals surface area contributed by atoms with Crippen LogP contribution in [0.2, 0.25) is 0 Å². The van der Waals surface area contributed by atoms with Crippen molar-refractivity contribution in [2.75, 3.05) is 0 Å². The van der Waals surface area contributed by atoms with Gasteiger partial charge in [-0.1, -0.05) is 66.5 Å². The molecule has 2 aliphatic heterocycles. The Kier molecular flexibility index (Phi) is 5.00. The van der Waals surface area contributed by atoms with Crippen molar-refractivity contribution in [2.45, 2.75) is 125 Å². The number of hydrogen-bond donors (Lipinski definition) is 1. The molecule has 6 rings (SSSR count). The summed E-state index contributed by atoms with van der Waals surface area (Å²) in [4.78, 5) is 12.8. The number of carbonyl (C=O) groups is 1. The Labute approximate surface area is 212 Å². The van der Waals surface area contributed by atoms with E-state index in [1.807, 2.05) is 6.92 Å². The van der Waals surface area contributed by atoms with E-state index in [0.717, 1.165) is 25.7 Å². The summed E-state index contributed by atoms with van der Waals surface area (Å²) < 4.78 is 13.5. The third-order valence-electron chi connectivity index (χ3n) is 13.6. The Bertz CT molecular complexity index is 982. The van der Waals surface area contributed by atoms with Crippen LogP contribution in [-0.4, -0.2) is 29.1 Å². The Morgan fingerprint density at radius 1 is 0.943 bits per heavy atom. The molecule has 0 bridgehead atoms. The molecule has 35 heavy (non-hydrogen) atoms. The number of esters is 1. The second-order valence-electron chi connectivity index (χ2n) is 14.9. The molecule has 4 aliphatic carbocycles. The van der Waals surface area contributed by atoms with Crippen LogP contribution in [0.1, 0.15) is 107 Å². The highest BCUT2D eigenvalue weighted by atomic mass is 16.7. The summed E-state index contributed by atoms with van der Waals surface area (Å²) in [6, 6.07) is 0. The van der Waals surface area contributed by atoms with Crippen LogP contribution in [0.15, 0.2) is 11.1 Å². The normalized spacial score (nSPS) is 56.8. The van der Waals surface area contributed by atoms with Crippen LogP contribution in [0.3, 0.4) is 0 Å². The van der Waals surface area contributed by atoms with Gasteiger partial charge >= 0.3 is 5.97 Å². The number of rotatable bonds is 0. The molecule has 0 aromatic heterocycles. The van der Waals surface area contributed by atoms with Crippen LogP contribution >= 0.6 is 0 Å². The molecule has 6 aliphatic rings. The average molecular weight is 485 g/mol. The number of allylic oxidation sites excluding steroid dienone is 1. The minimum Gasteiger partial charge on any atom is -0.432 e. The summed E-state index contributed by atoms with van der Waals surface area (Å²) in [5, 5.41) is 11.0. The molecule has 0 amide bonds. The van der Waals surface area contributed by atoms with Crippen molar-refractivity contribution in [1.29, 1.82) is 0 Å². The quantitative estimate of drug-likeness (QED) is 0.309. The number of ether oxygens (including phenoxy) is 2. The van der Waals surface area contributed by atoms with Gasteiger partial charge in [-0.05, 0) is 78.9 Å². The topological polar surface area (TPSA) is 55.8 Å². The highest BCUT2D eigenvalue weighted by molar-refractivity contribution is 5.75. The van der Waals surface area contributed by atoms with E-state index in [0.29, 0.717) is 17.8 Å². The fourth-order valence-electron chi connectivity index (χ4n) is 10.9. The van der Waals surface area contributed by atoms with Gasteiger partial charge in [0.15, 0.2) is 0 Å². The predicted molar refractivity (Wildman–Crippen MR) is 136 cm³/mol. The van der Waals surface area contributed by atoms with Crippen LogP contribution in [0.5, 0.6) is 0 Å². The number of aliphatic hydroxyl groups is 1. The van der Waals surface area contributed by atoms with Gasteiger partial charge in [0.05, 0.1) is 18.1 Å². The Hall–Kier alpha value is -0.870. The summed E-state index contributed by atoms with van der Waals surface area (Å²) in [7, 11) is 0. The van der Waals surface area contributed by atoms with Gasteiger partial charge in [-0.2, -0.15) is 0 Å². The molecular weight excluding hydrogens is 436 g/mol. The smallest absolute Gasteiger partial charge is 0.311 e. The van der Waals surface area contributed by atoms with Crippen LogP contribution in [0.25, 0.3) is 0 Å². The van der Waals surface area contributed by atoms with Crippen LogP contribution in [0, 0.1) is 51.2 Å². The second kappa shape index (κ2) is 7.16. The first-order valence-electron chi connectivity index (χ1n) is 14.5. The lowest BCUT2D eigenvalue weighted by Crippen LogP contribution is -2.59. The van der Waals surface area contributed by atoms with Gasteiger partial charge in [0.2, 0.25) is 5.79 Å². The maximum atomic E-state index is 12.8. The lowest BCUT2D eigenvalue weighted by Gasteiger charge is -2.63. The molecule has 1 spiro atoms. The molecule has 2 saturated heterocycles. The maximum Gasteiger partial charge on any atom is 0.311 e. The summed E-state index contributed by atoms with van der Waals surface area (Å²) in [6.45, 7) is 18.8. The summed E-state index contributed by atoms with van der Waals surface area (Å²) in [6.07, 6.45) is 8.40. The molecule has 0 unspecified atom stereocenters. The van der Waals surface area contributed by atoms with Gasteiger partial charge in [-0.15, -0.1) is 0 Å². The molecule has 1 N–H and O–H groups in total. The monoisotopic (exact) mass is 484 g/mol. The highest BCUT2D eigenvalue weighted by Gasteiger charge is 2.70. The maximum absolute atomic E-state index is 12.8. The molecule has 0 aromatic carbocycles. The number of fused-ring (bicyclic) bond motifs is 3. The van der Waals surface area contributed by atoms with Gasteiger partial charge in [-0.25, -0.2) is 0 Å². The average Bonchev–Trinajstić information content (AvgIpc) is 3.14. The van der Waals surface area contributed by atoms with Crippen molar-refractivity contribution < 1.29 is 19.4 Å². The molecule has 0 radical (unpaired) electrons. The Morgan fingerprint density at radius 2 is 1.66 bits per heavy atom. The zero-order valence-electron chi connectivity index (χ0n) is 23.4. The standard InChI is InChI=1S/C31H48O4/c1-17-16-31(19(3)18(2)26(33)35-31)34-25-15-22-21(29(7)14-11-20(17)30(25,29)8)9-10-23-27(4,5)24(32)12-13-28(22,23)6/h17-20,23-25,32H,9-16H2,1-8H3/t17-,18+,19+,20-,23+,24-,25-,28-,29+,30+,31+/m1/s1. The largest absolute Gasteiger partial charge is 0.432 e. The fraction of sp³-hybridized carbons (Fsp3) is 0.903. The van der Waals surface area contributed by atoms with Crippen LogP contribution < -0.4 is 0 Å². The molecule has 4 nitrogen and oxygen atoms in total. The third kappa shape index (κ3) is 2.75. The van der Waals surface area contributed by atoms with Crippen molar-refractivity contribution in [3.63, 3.8) is 0 Å². The van der Waals surface area contributed by atoms with E-state index in [1.54, 1.807) is 11.1 Å². The zero-order chi connectivity index (χ0) is 25.3. The highest BCUT2D eigenvalue weighted by Crippen LogP contribution is 2.74. The molecule has 11 atom stereocenters. The van der Waals surface area contributed by atoms with E-state index in [9.17, 15) is 9.90 Å². The fourth-order valence-corrected chi connectivity index (χ4v) is 10.9. The van der Waals surface area contributed by atoms with E-state index in [4.69, 9.17) is 9.47 Å². The van der Waals surface area contributed by atoms with E-state index in [1.165, 1.54) is 25.7 Å². The van der Waals surface area contributed by atoms with Crippen LogP contribution in [0.4, 0.5) is 0 Å². The van der Waals surface area contributed by atoms with Crippen molar-refractivity contribution in [2.24, 2.45) is 51.2 Å². The SMILES string of the molecule is C[C@@H]1C[C@@]2(OC(=O)[C@@H](C)[C@@H]2C)O[C@@H]2CC3=C(CC[C@H]4C(C)(C)[C@H](O)CC[C@]34C)[C@]3(C)CC[C@H]1[C@@]23C. The third-order valence-corrected chi connectivity index (χ3v) is 13.6. The predicted octanol–water partition coefficient (Wildman–Crippen LogP) is 6.66. The van der Waals surface area contributed by atoms with E-state index in [-0.39, 0.29) is 51.7 Å². The number of aliphatic hydroxyl groups excluding tert-OH is 1. The molecule has 4 fully saturated rings. The summed E-state index contributed by atoms with van der Waals surface area (Å²) in [5.41, 5.74) is 3.60. The molecule has 4 heteroatoms. The first-order chi connectivity index (χ1) is 16.2. The lowest BCUT2D eigenvalue weighted by atomic mass is 9.43. The molecule has 2 saturated carbocycles. The Balaban J connectivity index is 1.49. The summed E-state index contributed by atoms with van der Waals surface area (Å²) in [5.74, 6) is 0.616. The van der Waals surface area contributed by atoms with Gasteiger partial charge in [0.1, 0.15) is 0 Å². The Morgan fingerprint density at radius 3 is 2.31 bits per heavy atom. The first-order valence-corrected chi connectivity index (χ1v) is 14.5. The number of carbonyl (C=O) groups excluding carboxylic acids is 1. The first kappa shape index (κ1) is 24.5. The van der Waals surface area contributed by atoms with Crippen molar-refractivity contribution in [1.82, 2.24) is 0 Å². The molecular formula is C31H48O4. The van der Waals surface area contributed by atoms with Gasteiger partial charge in [0.25, 0.3) is 0 Å². The minimum absolute atomic E-state index is 0.0552. The molecule has 2 heterocycles. The van der Waals surface area contributed by atoms with Gasteiger partial charge in [-0.3, -0.25) is 4.79 Å². The number of hydrogen-bond acceptors (Lipinski definition) is 4. The minimum atomic E-state index is -0.788. The lowest BCUT2D eigenvalue weighted by molar-refractivity contribution is -0.269. The van der Waals surface area contributed by atoms with E-state index < -0.39 is 5.79 Å². The van der Waals surface area contributed by atoms with Gasteiger partial charge in [0, 0.05) is 17.8 Å². The van der Waals surface area contributed by atoms with Crippen molar-refractivity contribution in [3.8, 4) is 0 Å².